The molecule has 0 atom stereocenters. The lowest BCUT2D eigenvalue weighted by atomic mass is 10.2. The molecule has 1 aromatic heterocycles. The van der Waals surface area contributed by atoms with Gasteiger partial charge in [-0.05, 0) is 18.6 Å². The second-order valence-corrected chi connectivity index (χ2v) is 2.57. The Labute approximate surface area is 71.1 Å². The highest BCUT2D eigenvalue weighted by Gasteiger charge is 2.03. The molecule has 0 fully saturated rings. The smallest absolute Gasteiger partial charge is 0.354 e. The van der Waals surface area contributed by atoms with Gasteiger partial charge in [0.2, 0.25) is 0 Å². The Morgan fingerprint density at radius 3 is 2.92 bits per heavy atom. The van der Waals surface area contributed by atoms with Crippen molar-refractivity contribution in [1.82, 2.24) is 4.98 Å². The number of aromatic carboxylic acids is 1. The van der Waals surface area contributed by atoms with Crippen molar-refractivity contribution >= 4 is 5.97 Å². The van der Waals surface area contributed by atoms with Gasteiger partial charge in [-0.25, -0.2) is 9.78 Å². The van der Waals surface area contributed by atoms with Gasteiger partial charge in [0.15, 0.2) is 0 Å². The maximum absolute atomic E-state index is 10.5. The molecule has 0 aliphatic rings. The number of aromatic nitrogens is 1. The van der Waals surface area contributed by atoms with Crippen LogP contribution in [0.25, 0.3) is 0 Å². The van der Waals surface area contributed by atoms with Crippen molar-refractivity contribution in [3.05, 3.63) is 29.6 Å². The van der Waals surface area contributed by atoms with Gasteiger partial charge in [-0.2, -0.15) is 0 Å². The summed E-state index contributed by atoms with van der Waals surface area (Å²) in [6, 6.07) is 5.07. The fourth-order valence-corrected chi connectivity index (χ4v) is 0.994. The van der Waals surface area contributed by atoms with Crippen LogP contribution in [0.3, 0.4) is 0 Å². The van der Waals surface area contributed by atoms with Gasteiger partial charge in [-0.15, -0.1) is 0 Å². The molecule has 12 heavy (non-hydrogen) atoms. The van der Waals surface area contributed by atoms with Crippen LogP contribution in [-0.4, -0.2) is 16.1 Å². The van der Waals surface area contributed by atoms with Crippen LogP contribution in [-0.2, 0) is 6.42 Å². The van der Waals surface area contributed by atoms with Crippen molar-refractivity contribution in [3.8, 4) is 0 Å². The molecule has 1 heterocycles. The van der Waals surface area contributed by atoms with Crippen molar-refractivity contribution in [2.45, 2.75) is 19.8 Å². The molecule has 0 spiro atoms. The van der Waals surface area contributed by atoms with E-state index < -0.39 is 5.97 Å². The number of rotatable bonds is 3. The number of carboxylic acids is 1. The van der Waals surface area contributed by atoms with E-state index in [9.17, 15) is 4.79 Å². The third kappa shape index (κ3) is 2.05. The quantitative estimate of drug-likeness (QED) is 0.742. The summed E-state index contributed by atoms with van der Waals surface area (Å²) < 4.78 is 0. The molecular weight excluding hydrogens is 154 g/mol. The van der Waals surface area contributed by atoms with E-state index in [2.05, 4.69) is 4.98 Å². The first kappa shape index (κ1) is 8.71. The Hall–Kier alpha value is -1.38. The summed E-state index contributed by atoms with van der Waals surface area (Å²) in [5.41, 5.74) is 0.971. The van der Waals surface area contributed by atoms with E-state index in [1.54, 1.807) is 6.07 Å². The molecule has 0 radical (unpaired) electrons. The number of carbonyl (C=O) groups is 1. The Balaban J connectivity index is 2.88. The predicted octanol–water partition coefficient (Wildman–Crippen LogP) is 1.73. The maximum Gasteiger partial charge on any atom is 0.354 e. The highest BCUT2D eigenvalue weighted by molar-refractivity contribution is 5.85. The molecule has 1 rings (SSSR count). The van der Waals surface area contributed by atoms with Crippen LogP contribution in [0.1, 0.15) is 29.5 Å². The molecule has 0 aliphatic carbocycles. The van der Waals surface area contributed by atoms with E-state index >= 15 is 0 Å². The van der Waals surface area contributed by atoms with Gasteiger partial charge in [0, 0.05) is 5.69 Å². The Morgan fingerprint density at radius 1 is 1.58 bits per heavy atom. The SMILES string of the molecule is CCCc1cccc(C(=O)O)n1. The number of hydrogen-bond acceptors (Lipinski definition) is 2. The normalized spacial score (nSPS) is 9.75. The average molecular weight is 165 g/mol. The van der Waals surface area contributed by atoms with Gasteiger partial charge in [-0.1, -0.05) is 19.4 Å². The molecule has 1 N–H and O–H groups in total. The summed E-state index contributed by atoms with van der Waals surface area (Å²) in [4.78, 5) is 14.5. The summed E-state index contributed by atoms with van der Waals surface area (Å²) >= 11 is 0. The van der Waals surface area contributed by atoms with Crippen LogP contribution in [0.2, 0.25) is 0 Å². The van der Waals surface area contributed by atoms with Crippen molar-refractivity contribution in [3.63, 3.8) is 0 Å². The molecule has 0 aromatic carbocycles. The van der Waals surface area contributed by atoms with Crippen LogP contribution in [0.15, 0.2) is 18.2 Å². The molecule has 0 unspecified atom stereocenters. The van der Waals surface area contributed by atoms with E-state index in [0.717, 1.165) is 18.5 Å². The Bertz CT molecular complexity index is 284. The lowest BCUT2D eigenvalue weighted by Gasteiger charge is -1.98. The van der Waals surface area contributed by atoms with Crippen molar-refractivity contribution in [2.75, 3.05) is 0 Å². The van der Waals surface area contributed by atoms with Crippen LogP contribution < -0.4 is 0 Å². The molecule has 0 amide bonds. The summed E-state index contributed by atoms with van der Waals surface area (Å²) in [7, 11) is 0. The highest BCUT2D eigenvalue weighted by Crippen LogP contribution is 2.01. The first-order chi connectivity index (χ1) is 5.74. The molecule has 3 nitrogen and oxygen atoms in total. The zero-order chi connectivity index (χ0) is 8.97. The minimum Gasteiger partial charge on any atom is -0.477 e. The molecule has 0 aliphatic heterocycles. The second kappa shape index (κ2) is 3.85. The predicted molar refractivity (Wildman–Crippen MR) is 45.2 cm³/mol. The summed E-state index contributed by atoms with van der Waals surface area (Å²) in [6.45, 7) is 2.04. The van der Waals surface area contributed by atoms with Crippen LogP contribution in [0.4, 0.5) is 0 Å². The Morgan fingerprint density at radius 2 is 2.33 bits per heavy atom. The summed E-state index contributed by atoms with van der Waals surface area (Å²) in [6.07, 6.45) is 1.82. The van der Waals surface area contributed by atoms with Crippen molar-refractivity contribution in [1.29, 1.82) is 0 Å². The molecule has 0 saturated heterocycles. The summed E-state index contributed by atoms with van der Waals surface area (Å²) in [5.74, 6) is -0.965. The van der Waals surface area contributed by atoms with E-state index in [-0.39, 0.29) is 5.69 Å². The highest BCUT2D eigenvalue weighted by atomic mass is 16.4. The number of aryl methyl sites for hydroxylation is 1. The number of nitrogens with zero attached hydrogens (tertiary/aromatic N) is 1. The lowest BCUT2D eigenvalue weighted by molar-refractivity contribution is 0.0690. The second-order valence-electron chi connectivity index (χ2n) is 2.57. The Kier molecular flexibility index (Phi) is 2.80. The number of pyridine rings is 1. The fourth-order valence-electron chi connectivity index (χ4n) is 0.994. The minimum absolute atomic E-state index is 0.126. The third-order valence-corrected chi connectivity index (χ3v) is 1.53. The first-order valence-electron chi connectivity index (χ1n) is 3.93. The van der Waals surface area contributed by atoms with E-state index in [1.807, 2.05) is 13.0 Å². The first-order valence-corrected chi connectivity index (χ1v) is 3.93. The van der Waals surface area contributed by atoms with Gasteiger partial charge < -0.3 is 5.11 Å². The molecule has 3 heteroatoms. The topological polar surface area (TPSA) is 50.2 Å². The third-order valence-electron chi connectivity index (χ3n) is 1.53. The lowest BCUT2D eigenvalue weighted by Crippen LogP contribution is -2.02. The standard InChI is InChI=1S/C9H11NO2/c1-2-4-7-5-3-6-8(10-7)9(11)12/h3,5-6H,2,4H2,1H3,(H,11,12). The minimum atomic E-state index is -0.965. The number of hydrogen-bond donors (Lipinski definition) is 1. The van der Waals surface area contributed by atoms with E-state index in [0.29, 0.717) is 0 Å². The molecular formula is C9H11NO2. The van der Waals surface area contributed by atoms with Gasteiger partial charge >= 0.3 is 5.97 Å². The van der Waals surface area contributed by atoms with Gasteiger partial charge in [0.05, 0.1) is 0 Å². The van der Waals surface area contributed by atoms with E-state index in [1.165, 1.54) is 6.07 Å². The number of carboxylic acid groups (broad SMARTS) is 1. The van der Waals surface area contributed by atoms with Gasteiger partial charge in [0.25, 0.3) is 0 Å². The molecule has 0 saturated carbocycles. The van der Waals surface area contributed by atoms with E-state index in [4.69, 9.17) is 5.11 Å². The maximum atomic E-state index is 10.5. The molecule has 64 valence electrons. The van der Waals surface area contributed by atoms with Gasteiger partial charge in [0.1, 0.15) is 5.69 Å². The van der Waals surface area contributed by atoms with Gasteiger partial charge in [-0.3, -0.25) is 0 Å². The molecule has 0 bridgehead atoms. The van der Waals surface area contributed by atoms with Crippen LogP contribution in [0, 0.1) is 0 Å². The van der Waals surface area contributed by atoms with Crippen molar-refractivity contribution < 1.29 is 9.90 Å². The van der Waals surface area contributed by atoms with Crippen molar-refractivity contribution in [2.24, 2.45) is 0 Å². The zero-order valence-electron chi connectivity index (χ0n) is 6.95. The monoisotopic (exact) mass is 165 g/mol. The molecule has 1 aromatic rings. The van der Waals surface area contributed by atoms with Crippen LogP contribution >= 0.6 is 0 Å². The summed E-state index contributed by atoms with van der Waals surface area (Å²) in [5, 5.41) is 8.61. The average Bonchev–Trinajstić information content (AvgIpc) is 2.05. The fraction of sp³-hybridized carbons (Fsp3) is 0.333. The van der Waals surface area contributed by atoms with Crippen LogP contribution in [0.5, 0.6) is 0 Å². The zero-order valence-corrected chi connectivity index (χ0v) is 6.95. The largest absolute Gasteiger partial charge is 0.477 e.